The lowest BCUT2D eigenvalue weighted by molar-refractivity contribution is -0.179. The summed E-state index contributed by atoms with van der Waals surface area (Å²) in [6.07, 6.45) is 3.70. The predicted molar refractivity (Wildman–Crippen MR) is 60.0 cm³/mol. The van der Waals surface area contributed by atoms with Gasteiger partial charge in [0, 0.05) is 7.11 Å². The van der Waals surface area contributed by atoms with Crippen molar-refractivity contribution in [2.24, 2.45) is 5.92 Å². The Morgan fingerprint density at radius 3 is 2.69 bits per heavy atom. The quantitative estimate of drug-likeness (QED) is 0.744. The van der Waals surface area contributed by atoms with Gasteiger partial charge in [0.15, 0.2) is 0 Å². The molecule has 16 heavy (non-hydrogen) atoms. The first-order valence-corrected chi connectivity index (χ1v) is 5.93. The summed E-state index contributed by atoms with van der Waals surface area (Å²) in [6, 6.07) is 0. The van der Waals surface area contributed by atoms with Crippen LogP contribution in [-0.2, 0) is 14.3 Å². The average molecular weight is 230 g/mol. The van der Waals surface area contributed by atoms with Crippen molar-refractivity contribution in [1.29, 1.82) is 0 Å². The smallest absolute Gasteiger partial charge is 0.311 e. The van der Waals surface area contributed by atoms with Gasteiger partial charge in [-0.25, -0.2) is 0 Å². The van der Waals surface area contributed by atoms with Gasteiger partial charge in [0.25, 0.3) is 0 Å². The minimum absolute atomic E-state index is 0.259. The standard InChI is InChI=1S/C12H22O4/c1-4-9(11(13)16-3)12(14)8-6-5-7-10(12)15-2/h9-10,14H,4-8H2,1-3H3. The molecule has 1 saturated carbocycles. The Morgan fingerprint density at radius 1 is 1.50 bits per heavy atom. The van der Waals surface area contributed by atoms with Crippen LogP contribution < -0.4 is 0 Å². The van der Waals surface area contributed by atoms with Crippen LogP contribution in [0.5, 0.6) is 0 Å². The summed E-state index contributed by atoms with van der Waals surface area (Å²) in [5.74, 6) is -0.823. The summed E-state index contributed by atoms with van der Waals surface area (Å²) in [5, 5.41) is 10.7. The van der Waals surface area contributed by atoms with E-state index in [-0.39, 0.29) is 12.1 Å². The third-order valence-corrected chi connectivity index (χ3v) is 3.63. The molecule has 1 aliphatic carbocycles. The van der Waals surface area contributed by atoms with Crippen molar-refractivity contribution >= 4 is 5.97 Å². The maximum Gasteiger partial charge on any atom is 0.311 e. The number of hydrogen-bond donors (Lipinski definition) is 1. The van der Waals surface area contributed by atoms with E-state index >= 15 is 0 Å². The molecule has 0 aromatic rings. The Kier molecular flexibility index (Phi) is 4.74. The third kappa shape index (κ3) is 2.38. The first-order valence-electron chi connectivity index (χ1n) is 5.93. The van der Waals surface area contributed by atoms with Crippen LogP contribution in [0.25, 0.3) is 0 Å². The van der Waals surface area contributed by atoms with Gasteiger partial charge in [-0.2, -0.15) is 0 Å². The van der Waals surface area contributed by atoms with Gasteiger partial charge in [-0.3, -0.25) is 4.79 Å². The fourth-order valence-corrected chi connectivity index (χ4v) is 2.74. The molecule has 1 N–H and O–H groups in total. The van der Waals surface area contributed by atoms with E-state index < -0.39 is 11.5 Å². The Hall–Kier alpha value is -0.610. The molecule has 0 aliphatic heterocycles. The lowest BCUT2D eigenvalue weighted by Gasteiger charge is -2.42. The molecule has 94 valence electrons. The second-order valence-electron chi connectivity index (χ2n) is 4.45. The Balaban J connectivity index is 2.89. The minimum Gasteiger partial charge on any atom is -0.469 e. The molecule has 0 aromatic carbocycles. The van der Waals surface area contributed by atoms with Gasteiger partial charge >= 0.3 is 5.97 Å². The number of hydrogen-bond acceptors (Lipinski definition) is 4. The van der Waals surface area contributed by atoms with Crippen molar-refractivity contribution in [3.63, 3.8) is 0 Å². The van der Waals surface area contributed by atoms with Gasteiger partial charge in [0.1, 0.15) is 5.60 Å². The van der Waals surface area contributed by atoms with E-state index in [0.717, 1.165) is 19.3 Å². The van der Waals surface area contributed by atoms with Crippen LogP contribution in [0.4, 0.5) is 0 Å². The van der Waals surface area contributed by atoms with Gasteiger partial charge in [-0.15, -0.1) is 0 Å². The van der Waals surface area contributed by atoms with E-state index in [4.69, 9.17) is 9.47 Å². The van der Waals surface area contributed by atoms with Crippen LogP contribution in [0.1, 0.15) is 39.0 Å². The van der Waals surface area contributed by atoms with E-state index in [1.54, 1.807) is 7.11 Å². The molecule has 0 heterocycles. The Bertz CT molecular complexity index is 241. The molecule has 0 radical (unpaired) electrons. The summed E-state index contributed by atoms with van der Waals surface area (Å²) >= 11 is 0. The van der Waals surface area contributed by atoms with Crippen LogP contribution in [0.2, 0.25) is 0 Å². The zero-order chi connectivity index (χ0) is 12.2. The molecule has 0 aromatic heterocycles. The highest BCUT2D eigenvalue weighted by atomic mass is 16.5. The van der Waals surface area contributed by atoms with Crippen LogP contribution in [-0.4, -0.2) is 37.0 Å². The number of esters is 1. The number of rotatable bonds is 4. The molecular weight excluding hydrogens is 208 g/mol. The lowest BCUT2D eigenvalue weighted by atomic mass is 9.72. The van der Waals surface area contributed by atoms with E-state index in [9.17, 15) is 9.90 Å². The second kappa shape index (κ2) is 5.64. The van der Waals surface area contributed by atoms with E-state index in [1.807, 2.05) is 6.92 Å². The van der Waals surface area contributed by atoms with Gasteiger partial charge in [-0.05, 0) is 19.3 Å². The topological polar surface area (TPSA) is 55.8 Å². The number of carbonyl (C=O) groups excluding carboxylic acids is 1. The molecule has 1 rings (SSSR count). The highest BCUT2D eigenvalue weighted by Crippen LogP contribution is 2.38. The van der Waals surface area contributed by atoms with Crippen molar-refractivity contribution in [3.05, 3.63) is 0 Å². The zero-order valence-corrected chi connectivity index (χ0v) is 10.4. The third-order valence-electron chi connectivity index (χ3n) is 3.63. The van der Waals surface area contributed by atoms with Crippen molar-refractivity contribution in [3.8, 4) is 0 Å². The second-order valence-corrected chi connectivity index (χ2v) is 4.45. The van der Waals surface area contributed by atoms with Crippen molar-refractivity contribution in [2.45, 2.75) is 50.7 Å². The molecule has 1 fully saturated rings. The summed E-state index contributed by atoms with van der Waals surface area (Å²) in [5.41, 5.74) is -1.06. The molecule has 0 saturated heterocycles. The molecular formula is C12H22O4. The lowest BCUT2D eigenvalue weighted by Crippen LogP contribution is -2.54. The number of carbonyl (C=O) groups is 1. The summed E-state index contributed by atoms with van der Waals surface area (Å²) in [4.78, 5) is 11.7. The SMILES string of the molecule is CCC(C(=O)OC)C1(O)CCCCC1OC. The monoisotopic (exact) mass is 230 g/mol. The number of aliphatic hydroxyl groups is 1. The molecule has 4 heteroatoms. The van der Waals surface area contributed by atoms with Crippen LogP contribution in [0.3, 0.4) is 0 Å². The first kappa shape index (κ1) is 13.5. The van der Waals surface area contributed by atoms with Crippen molar-refractivity contribution < 1.29 is 19.4 Å². The van der Waals surface area contributed by atoms with Crippen LogP contribution >= 0.6 is 0 Å². The van der Waals surface area contributed by atoms with Crippen molar-refractivity contribution in [1.82, 2.24) is 0 Å². The minimum atomic E-state index is -1.06. The fraction of sp³-hybridized carbons (Fsp3) is 0.917. The van der Waals surface area contributed by atoms with Gasteiger partial charge < -0.3 is 14.6 Å². The predicted octanol–water partition coefficient (Wildman–Crippen LogP) is 1.51. The molecule has 0 bridgehead atoms. The molecule has 1 aliphatic rings. The normalized spacial score (nSPS) is 32.1. The largest absolute Gasteiger partial charge is 0.469 e. The Labute approximate surface area is 96.9 Å². The van der Waals surface area contributed by atoms with Gasteiger partial charge in [0.2, 0.25) is 0 Å². The highest BCUT2D eigenvalue weighted by molar-refractivity contribution is 5.73. The Morgan fingerprint density at radius 2 is 2.19 bits per heavy atom. The summed E-state index contributed by atoms with van der Waals surface area (Å²) in [6.45, 7) is 1.89. The van der Waals surface area contributed by atoms with E-state index in [0.29, 0.717) is 12.8 Å². The first-order chi connectivity index (χ1) is 7.60. The molecule has 3 atom stereocenters. The van der Waals surface area contributed by atoms with Crippen LogP contribution in [0, 0.1) is 5.92 Å². The maximum atomic E-state index is 11.7. The summed E-state index contributed by atoms with van der Waals surface area (Å²) < 4.78 is 10.1. The molecule has 4 nitrogen and oxygen atoms in total. The molecule has 0 amide bonds. The highest BCUT2D eigenvalue weighted by Gasteiger charge is 2.48. The van der Waals surface area contributed by atoms with E-state index in [2.05, 4.69) is 0 Å². The summed E-state index contributed by atoms with van der Waals surface area (Å²) in [7, 11) is 2.95. The number of methoxy groups -OCH3 is 2. The van der Waals surface area contributed by atoms with Gasteiger partial charge in [-0.1, -0.05) is 19.8 Å². The van der Waals surface area contributed by atoms with Crippen molar-refractivity contribution in [2.75, 3.05) is 14.2 Å². The fourth-order valence-electron chi connectivity index (χ4n) is 2.74. The molecule has 0 spiro atoms. The maximum absolute atomic E-state index is 11.7. The molecule has 3 unspecified atom stereocenters. The van der Waals surface area contributed by atoms with Gasteiger partial charge in [0.05, 0.1) is 19.1 Å². The zero-order valence-electron chi connectivity index (χ0n) is 10.4. The van der Waals surface area contributed by atoms with E-state index in [1.165, 1.54) is 7.11 Å². The number of ether oxygens (including phenoxy) is 2. The average Bonchev–Trinajstić information content (AvgIpc) is 2.30. The van der Waals surface area contributed by atoms with Crippen LogP contribution in [0.15, 0.2) is 0 Å².